The van der Waals surface area contributed by atoms with Gasteiger partial charge in [-0.05, 0) is 50.2 Å². The van der Waals surface area contributed by atoms with Gasteiger partial charge in [0.05, 0.1) is 24.3 Å². The van der Waals surface area contributed by atoms with E-state index in [0.29, 0.717) is 18.0 Å². The highest BCUT2D eigenvalue weighted by Gasteiger charge is 2.29. The van der Waals surface area contributed by atoms with E-state index in [0.717, 1.165) is 9.87 Å². The van der Waals surface area contributed by atoms with Crippen LogP contribution in [0, 0.1) is 6.92 Å². The first kappa shape index (κ1) is 23.1. The standard InChI is InChI=1S/C23H25N3O5S/c1-4-31-23-19(8-7-15-24-23)25-22(27)16-26(20-9-5-6-10-21(20)30-3)32(28,29)18-13-11-17(2)12-14-18/h5-15H,4,16H2,1-3H3,(H,25,27). The normalized spacial score (nSPS) is 11.0. The first-order valence-corrected chi connectivity index (χ1v) is 11.4. The summed E-state index contributed by atoms with van der Waals surface area (Å²) < 4.78 is 38.9. The zero-order valence-electron chi connectivity index (χ0n) is 18.1. The number of nitrogens with zero attached hydrogens (tertiary/aromatic N) is 2. The van der Waals surface area contributed by atoms with Crippen molar-refractivity contribution in [3.05, 3.63) is 72.4 Å². The Morgan fingerprint density at radius 1 is 1.06 bits per heavy atom. The number of ether oxygens (including phenoxy) is 2. The van der Waals surface area contributed by atoms with E-state index in [1.54, 1.807) is 61.7 Å². The number of anilines is 2. The number of rotatable bonds is 9. The summed E-state index contributed by atoms with van der Waals surface area (Å²) in [6.07, 6.45) is 1.55. The molecule has 2 aromatic carbocycles. The number of pyridine rings is 1. The molecule has 0 fully saturated rings. The first-order chi connectivity index (χ1) is 15.4. The van der Waals surface area contributed by atoms with Gasteiger partial charge in [-0.15, -0.1) is 0 Å². The van der Waals surface area contributed by atoms with Crippen molar-refractivity contribution < 1.29 is 22.7 Å². The average Bonchev–Trinajstić information content (AvgIpc) is 2.79. The summed E-state index contributed by atoms with van der Waals surface area (Å²) in [5.74, 6) is 0.0292. The van der Waals surface area contributed by atoms with Gasteiger partial charge in [0.15, 0.2) is 0 Å². The summed E-state index contributed by atoms with van der Waals surface area (Å²) in [5, 5.41) is 2.69. The minimum absolute atomic E-state index is 0.0678. The number of aryl methyl sites for hydroxylation is 1. The molecule has 0 atom stereocenters. The number of amides is 1. The summed E-state index contributed by atoms with van der Waals surface area (Å²) in [6.45, 7) is 3.57. The number of aromatic nitrogens is 1. The molecule has 0 saturated heterocycles. The van der Waals surface area contributed by atoms with Gasteiger partial charge in [0, 0.05) is 6.20 Å². The maximum Gasteiger partial charge on any atom is 0.264 e. The molecule has 0 aliphatic carbocycles. The molecule has 3 rings (SSSR count). The van der Waals surface area contributed by atoms with Crippen LogP contribution < -0.4 is 19.1 Å². The van der Waals surface area contributed by atoms with Crippen molar-refractivity contribution in [1.82, 2.24) is 4.98 Å². The smallest absolute Gasteiger partial charge is 0.264 e. The van der Waals surface area contributed by atoms with Crippen molar-refractivity contribution in [2.75, 3.05) is 29.9 Å². The maximum absolute atomic E-state index is 13.5. The zero-order chi connectivity index (χ0) is 23.1. The Balaban J connectivity index is 1.98. The Bertz CT molecular complexity index is 1180. The van der Waals surface area contributed by atoms with Gasteiger partial charge in [-0.2, -0.15) is 0 Å². The average molecular weight is 456 g/mol. The van der Waals surface area contributed by atoms with E-state index in [2.05, 4.69) is 10.3 Å². The molecule has 8 nitrogen and oxygen atoms in total. The van der Waals surface area contributed by atoms with Crippen LogP contribution in [0.3, 0.4) is 0 Å². The summed E-state index contributed by atoms with van der Waals surface area (Å²) in [5.41, 5.74) is 1.53. The van der Waals surface area contributed by atoms with Gasteiger partial charge in [-0.3, -0.25) is 9.10 Å². The number of sulfonamides is 1. The van der Waals surface area contributed by atoms with Crippen molar-refractivity contribution >= 4 is 27.3 Å². The number of carbonyl (C=O) groups excluding carboxylic acids is 1. The molecule has 1 aromatic heterocycles. The van der Waals surface area contributed by atoms with Crippen LogP contribution in [0.1, 0.15) is 12.5 Å². The number of hydrogen-bond acceptors (Lipinski definition) is 6. The fraction of sp³-hybridized carbons (Fsp3) is 0.217. The third kappa shape index (κ3) is 5.17. The molecule has 0 aliphatic heterocycles. The van der Waals surface area contributed by atoms with E-state index >= 15 is 0 Å². The molecule has 0 radical (unpaired) electrons. The Hall–Kier alpha value is -3.59. The Kier molecular flexibility index (Phi) is 7.32. The van der Waals surface area contributed by atoms with Gasteiger partial charge in [0.2, 0.25) is 11.8 Å². The van der Waals surface area contributed by atoms with Crippen LogP contribution in [0.15, 0.2) is 71.8 Å². The molecule has 1 heterocycles. The quantitative estimate of drug-likeness (QED) is 0.529. The molecule has 1 amide bonds. The lowest BCUT2D eigenvalue weighted by Gasteiger charge is -2.25. The fourth-order valence-corrected chi connectivity index (χ4v) is 4.46. The summed E-state index contributed by atoms with van der Waals surface area (Å²) in [4.78, 5) is 17.1. The molecule has 0 unspecified atom stereocenters. The van der Waals surface area contributed by atoms with E-state index in [4.69, 9.17) is 9.47 Å². The first-order valence-electron chi connectivity index (χ1n) is 9.97. The van der Waals surface area contributed by atoms with Crippen LogP contribution in [0.5, 0.6) is 11.6 Å². The van der Waals surface area contributed by atoms with Gasteiger partial charge >= 0.3 is 0 Å². The van der Waals surface area contributed by atoms with Crippen molar-refractivity contribution in [1.29, 1.82) is 0 Å². The third-order valence-electron chi connectivity index (χ3n) is 4.58. The lowest BCUT2D eigenvalue weighted by molar-refractivity contribution is -0.114. The molecular weight excluding hydrogens is 430 g/mol. The lowest BCUT2D eigenvalue weighted by Crippen LogP contribution is -2.38. The Morgan fingerprint density at radius 3 is 2.47 bits per heavy atom. The highest BCUT2D eigenvalue weighted by Crippen LogP contribution is 2.32. The van der Waals surface area contributed by atoms with Crippen molar-refractivity contribution in [3.8, 4) is 11.6 Å². The van der Waals surface area contributed by atoms with Crippen LogP contribution >= 0.6 is 0 Å². The number of carbonyl (C=O) groups is 1. The second-order valence-corrected chi connectivity index (χ2v) is 8.70. The largest absolute Gasteiger partial charge is 0.495 e. The molecule has 1 N–H and O–H groups in total. The van der Waals surface area contributed by atoms with E-state index < -0.39 is 22.5 Å². The summed E-state index contributed by atoms with van der Waals surface area (Å²) >= 11 is 0. The zero-order valence-corrected chi connectivity index (χ0v) is 18.9. The SMILES string of the molecule is CCOc1ncccc1NC(=O)CN(c1ccccc1OC)S(=O)(=O)c1ccc(C)cc1. The molecule has 3 aromatic rings. The fourth-order valence-electron chi connectivity index (χ4n) is 3.03. The van der Waals surface area contributed by atoms with Crippen LogP contribution in [0.2, 0.25) is 0 Å². The molecule has 0 spiro atoms. The number of hydrogen-bond donors (Lipinski definition) is 1. The van der Waals surface area contributed by atoms with Gasteiger partial charge in [0.25, 0.3) is 10.0 Å². The minimum atomic E-state index is -4.07. The molecule has 0 aliphatic rings. The predicted molar refractivity (Wildman–Crippen MR) is 123 cm³/mol. The highest BCUT2D eigenvalue weighted by atomic mass is 32.2. The third-order valence-corrected chi connectivity index (χ3v) is 6.35. The second-order valence-electron chi connectivity index (χ2n) is 6.83. The van der Waals surface area contributed by atoms with E-state index in [9.17, 15) is 13.2 Å². The summed E-state index contributed by atoms with van der Waals surface area (Å²) in [6, 6.07) is 16.4. The highest BCUT2D eigenvalue weighted by molar-refractivity contribution is 7.92. The van der Waals surface area contributed by atoms with Crippen LogP contribution in [0.4, 0.5) is 11.4 Å². The molecule has 168 valence electrons. The van der Waals surface area contributed by atoms with E-state index in [1.165, 1.54) is 19.2 Å². The van der Waals surface area contributed by atoms with Crippen LogP contribution in [-0.2, 0) is 14.8 Å². The monoisotopic (exact) mass is 455 g/mol. The molecule has 32 heavy (non-hydrogen) atoms. The Morgan fingerprint density at radius 2 is 1.78 bits per heavy atom. The van der Waals surface area contributed by atoms with Gasteiger partial charge in [-0.1, -0.05) is 29.8 Å². The molecule has 0 saturated carbocycles. The van der Waals surface area contributed by atoms with Gasteiger partial charge < -0.3 is 14.8 Å². The molecule has 9 heteroatoms. The number of benzene rings is 2. The molecule has 0 bridgehead atoms. The topological polar surface area (TPSA) is 97.8 Å². The van der Waals surface area contributed by atoms with Crippen LogP contribution in [-0.4, -0.2) is 39.6 Å². The predicted octanol–water partition coefficient (Wildman–Crippen LogP) is 3.63. The van der Waals surface area contributed by atoms with E-state index in [-0.39, 0.29) is 16.5 Å². The van der Waals surface area contributed by atoms with Crippen molar-refractivity contribution in [3.63, 3.8) is 0 Å². The van der Waals surface area contributed by atoms with Gasteiger partial charge in [0.1, 0.15) is 18.0 Å². The van der Waals surface area contributed by atoms with Crippen molar-refractivity contribution in [2.24, 2.45) is 0 Å². The maximum atomic E-state index is 13.5. The second kappa shape index (κ2) is 10.1. The van der Waals surface area contributed by atoms with Crippen molar-refractivity contribution in [2.45, 2.75) is 18.7 Å². The Labute approximate surface area is 187 Å². The molecular formula is C23H25N3O5S. The summed E-state index contributed by atoms with van der Waals surface area (Å²) in [7, 11) is -2.62. The number of methoxy groups -OCH3 is 1. The van der Waals surface area contributed by atoms with Gasteiger partial charge in [-0.25, -0.2) is 13.4 Å². The van der Waals surface area contributed by atoms with E-state index in [1.807, 2.05) is 6.92 Å². The van der Waals surface area contributed by atoms with Crippen LogP contribution in [0.25, 0.3) is 0 Å². The lowest BCUT2D eigenvalue weighted by atomic mass is 10.2. The minimum Gasteiger partial charge on any atom is -0.495 e. The number of para-hydroxylation sites is 2. The number of nitrogens with one attached hydrogen (secondary N) is 1.